The molecule has 0 spiro atoms. The molecular formula is C16H20F2N2O3S. The number of hydrogen-bond acceptors (Lipinski definition) is 4. The fourth-order valence-corrected chi connectivity index (χ4v) is 4.99. The van der Waals surface area contributed by atoms with Crippen LogP contribution in [0.25, 0.3) is 0 Å². The molecule has 0 bridgehead atoms. The van der Waals surface area contributed by atoms with Crippen molar-refractivity contribution in [3.8, 4) is 0 Å². The van der Waals surface area contributed by atoms with Crippen LogP contribution in [0, 0.1) is 17.6 Å². The third-order valence-electron chi connectivity index (χ3n) is 5.06. The molecule has 3 fully saturated rings. The van der Waals surface area contributed by atoms with Crippen LogP contribution < -0.4 is 4.72 Å². The van der Waals surface area contributed by atoms with Gasteiger partial charge in [0.1, 0.15) is 11.6 Å². The van der Waals surface area contributed by atoms with Crippen LogP contribution in [-0.4, -0.2) is 51.2 Å². The smallest absolute Gasteiger partial charge is 0.241 e. The van der Waals surface area contributed by atoms with E-state index >= 15 is 0 Å². The van der Waals surface area contributed by atoms with E-state index in [2.05, 4.69) is 9.62 Å². The summed E-state index contributed by atoms with van der Waals surface area (Å²) < 4.78 is 59.8. The van der Waals surface area contributed by atoms with Gasteiger partial charge < -0.3 is 4.74 Å². The molecule has 24 heavy (non-hydrogen) atoms. The molecule has 0 amide bonds. The average molecular weight is 358 g/mol. The van der Waals surface area contributed by atoms with E-state index in [0.29, 0.717) is 31.6 Å². The predicted molar refractivity (Wildman–Crippen MR) is 82.9 cm³/mol. The maximum Gasteiger partial charge on any atom is 0.241 e. The van der Waals surface area contributed by atoms with Crippen molar-refractivity contribution < 1.29 is 21.9 Å². The SMILES string of the molecule is O=S(=O)(N[C@H]1C[C@H]2CO[C@H](C3CC3)CN2C1)c1cc(F)cc(F)c1. The van der Waals surface area contributed by atoms with Gasteiger partial charge in [-0.15, -0.1) is 0 Å². The highest BCUT2D eigenvalue weighted by Gasteiger charge is 2.43. The van der Waals surface area contributed by atoms with Crippen molar-refractivity contribution in [2.75, 3.05) is 19.7 Å². The molecule has 1 aliphatic carbocycles. The van der Waals surface area contributed by atoms with Gasteiger partial charge in [0.05, 0.1) is 17.6 Å². The molecule has 2 aliphatic heterocycles. The van der Waals surface area contributed by atoms with E-state index in [0.717, 1.165) is 18.7 Å². The highest BCUT2D eigenvalue weighted by atomic mass is 32.2. The number of halogens is 2. The van der Waals surface area contributed by atoms with Crippen LogP contribution in [-0.2, 0) is 14.8 Å². The fourth-order valence-electron chi connectivity index (χ4n) is 3.71. The zero-order valence-electron chi connectivity index (χ0n) is 13.1. The maximum atomic E-state index is 13.3. The third kappa shape index (κ3) is 3.33. The number of nitrogens with zero attached hydrogens (tertiary/aromatic N) is 1. The minimum Gasteiger partial charge on any atom is -0.375 e. The molecule has 2 saturated heterocycles. The van der Waals surface area contributed by atoms with E-state index in [1.165, 1.54) is 12.8 Å². The lowest BCUT2D eigenvalue weighted by Crippen LogP contribution is -2.47. The average Bonchev–Trinajstić information content (AvgIpc) is 3.26. The molecule has 3 aliphatic rings. The van der Waals surface area contributed by atoms with Gasteiger partial charge in [0, 0.05) is 31.2 Å². The van der Waals surface area contributed by atoms with Gasteiger partial charge in [-0.25, -0.2) is 21.9 Å². The Balaban J connectivity index is 1.43. The van der Waals surface area contributed by atoms with Gasteiger partial charge in [0.2, 0.25) is 10.0 Å². The van der Waals surface area contributed by atoms with E-state index in [4.69, 9.17) is 4.74 Å². The molecule has 0 radical (unpaired) electrons. The summed E-state index contributed by atoms with van der Waals surface area (Å²) in [6.07, 6.45) is 3.33. The van der Waals surface area contributed by atoms with Crippen LogP contribution in [0.1, 0.15) is 19.3 Å². The second-order valence-electron chi connectivity index (χ2n) is 6.98. The third-order valence-corrected chi connectivity index (χ3v) is 6.56. The van der Waals surface area contributed by atoms with Gasteiger partial charge in [0.25, 0.3) is 0 Å². The summed E-state index contributed by atoms with van der Waals surface area (Å²) in [5.74, 6) is -1.16. The van der Waals surface area contributed by atoms with Gasteiger partial charge >= 0.3 is 0 Å². The predicted octanol–water partition coefficient (Wildman–Crippen LogP) is 1.49. The first kappa shape index (κ1) is 16.4. The minimum atomic E-state index is -3.95. The van der Waals surface area contributed by atoms with Gasteiger partial charge in [0.15, 0.2) is 0 Å². The van der Waals surface area contributed by atoms with Crippen LogP contribution in [0.4, 0.5) is 8.78 Å². The first-order valence-corrected chi connectivity index (χ1v) is 9.73. The van der Waals surface area contributed by atoms with Gasteiger partial charge in [-0.3, -0.25) is 4.90 Å². The summed E-state index contributed by atoms with van der Waals surface area (Å²) in [4.78, 5) is 1.89. The number of rotatable bonds is 4. The molecule has 3 atom stereocenters. The quantitative estimate of drug-likeness (QED) is 0.886. The molecule has 8 heteroatoms. The summed E-state index contributed by atoms with van der Waals surface area (Å²) in [6, 6.07) is 2.26. The monoisotopic (exact) mass is 358 g/mol. The van der Waals surface area contributed by atoms with Crippen molar-refractivity contribution in [3.63, 3.8) is 0 Å². The fraction of sp³-hybridized carbons (Fsp3) is 0.625. The first-order valence-electron chi connectivity index (χ1n) is 8.25. The number of morpholine rings is 1. The Morgan fingerprint density at radius 1 is 1.12 bits per heavy atom. The maximum absolute atomic E-state index is 13.3. The number of nitrogens with one attached hydrogen (secondary N) is 1. The molecule has 132 valence electrons. The van der Waals surface area contributed by atoms with Crippen molar-refractivity contribution >= 4 is 10.0 Å². The van der Waals surface area contributed by atoms with E-state index in [1.807, 2.05) is 0 Å². The molecule has 1 aromatic rings. The van der Waals surface area contributed by atoms with E-state index < -0.39 is 21.7 Å². The Hall–Kier alpha value is -1.09. The van der Waals surface area contributed by atoms with Crippen molar-refractivity contribution in [1.82, 2.24) is 9.62 Å². The summed E-state index contributed by atoms with van der Waals surface area (Å²) in [6.45, 7) is 2.06. The lowest BCUT2D eigenvalue weighted by Gasteiger charge is -2.35. The zero-order valence-corrected chi connectivity index (χ0v) is 13.9. The second-order valence-corrected chi connectivity index (χ2v) is 8.69. The number of ether oxygens (including phenoxy) is 1. The van der Waals surface area contributed by atoms with Crippen LogP contribution in [0.5, 0.6) is 0 Å². The molecule has 1 saturated carbocycles. The lowest BCUT2D eigenvalue weighted by molar-refractivity contribution is -0.0581. The largest absolute Gasteiger partial charge is 0.375 e. The Morgan fingerprint density at radius 3 is 2.50 bits per heavy atom. The first-order chi connectivity index (χ1) is 11.4. The molecule has 1 aromatic carbocycles. The van der Waals surface area contributed by atoms with Crippen LogP contribution in [0.15, 0.2) is 23.1 Å². The topological polar surface area (TPSA) is 58.6 Å². The lowest BCUT2D eigenvalue weighted by atomic mass is 10.1. The van der Waals surface area contributed by atoms with Gasteiger partial charge in [-0.2, -0.15) is 0 Å². The Kier molecular flexibility index (Phi) is 4.11. The Morgan fingerprint density at radius 2 is 1.83 bits per heavy atom. The van der Waals surface area contributed by atoms with E-state index in [1.54, 1.807) is 0 Å². The molecular weight excluding hydrogens is 338 g/mol. The zero-order chi connectivity index (χ0) is 16.9. The van der Waals surface area contributed by atoms with Crippen molar-refractivity contribution in [3.05, 3.63) is 29.8 Å². The highest BCUT2D eigenvalue weighted by molar-refractivity contribution is 7.89. The Bertz CT molecular complexity index is 719. The van der Waals surface area contributed by atoms with Gasteiger partial charge in [-0.1, -0.05) is 0 Å². The molecule has 1 N–H and O–H groups in total. The Labute approximate surface area is 140 Å². The summed E-state index contributed by atoms with van der Waals surface area (Å²) >= 11 is 0. The summed E-state index contributed by atoms with van der Waals surface area (Å²) in [7, 11) is -3.95. The molecule has 0 unspecified atom stereocenters. The number of benzene rings is 1. The van der Waals surface area contributed by atoms with Crippen molar-refractivity contribution in [1.29, 1.82) is 0 Å². The summed E-state index contributed by atoms with van der Waals surface area (Å²) in [5, 5.41) is 0. The standard InChI is InChI=1S/C16H20F2N2O3S/c17-11-3-12(18)5-15(4-11)24(21,22)19-13-6-14-9-23-16(10-1-2-10)8-20(14)7-13/h3-5,10,13-14,16,19H,1-2,6-9H2/t13-,14-,16-/m0/s1. The minimum absolute atomic E-state index is 0.206. The number of sulfonamides is 1. The normalized spacial score (nSPS) is 31.2. The number of hydrogen-bond donors (Lipinski definition) is 1. The number of fused-ring (bicyclic) bond motifs is 1. The molecule has 0 aromatic heterocycles. The van der Waals surface area contributed by atoms with E-state index in [9.17, 15) is 17.2 Å². The molecule has 2 heterocycles. The summed E-state index contributed by atoms with van der Waals surface area (Å²) in [5.41, 5.74) is 0. The van der Waals surface area contributed by atoms with Crippen molar-refractivity contribution in [2.45, 2.75) is 42.3 Å². The van der Waals surface area contributed by atoms with Crippen LogP contribution in [0.2, 0.25) is 0 Å². The van der Waals surface area contributed by atoms with Crippen LogP contribution >= 0.6 is 0 Å². The molecule has 4 rings (SSSR count). The highest BCUT2D eigenvalue weighted by Crippen LogP contribution is 2.38. The van der Waals surface area contributed by atoms with E-state index in [-0.39, 0.29) is 23.1 Å². The second kappa shape index (κ2) is 6.01. The van der Waals surface area contributed by atoms with Gasteiger partial charge in [-0.05, 0) is 37.3 Å². The van der Waals surface area contributed by atoms with Crippen molar-refractivity contribution in [2.24, 2.45) is 5.92 Å². The van der Waals surface area contributed by atoms with Crippen LogP contribution in [0.3, 0.4) is 0 Å². The molecule has 5 nitrogen and oxygen atoms in total.